The van der Waals surface area contributed by atoms with Crippen LogP contribution in [0, 0.1) is 13.8 Å². The van der Waals surface area contributed by atoms with Gasteiger partial charge in [0.25, 0.3) is 11.5 Å². The fourth-order valence-corrected chi connectivity index (χ4v) is 5.46. The number of halogens is 2. The zero-order chi connectivity index (χ0) is 22.7. The molecule has 0 unspecified atom stereocenters. The second-order valence-corrected chi connectivity index (χ2v) is 9.25. The van der Waals surface area contributed by atoms with E-state index in [1.165, 1.54) is 0 Å². The molecule has 10 heteroatoms. The number of rotatable bonds is 3. The summed E-state index contributed by atoms with van der Waals surface area (Å²) in [6, 6.07) is 3.79. The van der Waals surface area contributed by atoms with Gasteiger partial charge in [0.15, 0.2) is 0 Å². The van der Waals surface area contributed by atoms with Crippen molar-refractivity contribution in [1.82, 2.24) is 29.9 Å². The highest BCUT2D eigenvalue weighted by Crippen LogP contribution is 2.40. The minimum Gasteiger partial charge on any atom is -0.360 e. The highest BCUT2D eigenvalue weighted by atomic mass is 79.9. The van der Waals surface area contributed by atoms with E-state index in [9.17, 15) is 9.59 Å². The number of carbonyl (C=O) groups is 1. The summed E-state index contributed by atoms with van der Waals surface area (Å²) < 4.78 is 2.47. The van der Waals surface area contributed by atoms with E-state index in [-0.39, 0.29) is 18.0 Å². The van der Waals surface area contributed by atoms with Crippen molar-refractivity contribution in [3.8, 4) is 11.3 Å². The van der Waals surface area contributed by atoms with E-state index in [1.807, 2.05) is 26.0 Å². The van der Waals surface area contributed by atoms with Crippen LogP contribution in [-0.4, -0.2) is 42.3 Å². The Morgan fingerprint density at radius 2 is 2.06 bits per heavy atom. The number of hydrogen-bond acceptors (Lipinski definition) is 4. The molecule has 2 N–H and O–H groups in total. The average Bonchev–Trinajstić information content (AvgIpc) is 3.36. The van der Waals surface area contributed by atoms with Crippen LogP contribution >= 0.6 is 27.5 Å². The lowest BCUT2D eigenvalue weighted by atomic mass is 9.94. The van der Waals surface area contributed by atoms with E-state index >= 15 is 0 Å². The van der Waals surface area contributed by atoms with Gasteiger partial charge in [0.2, 0.25) is 0 Å². The number of carbonyl (C=O) groups excluding carboxylic acids is 1. The number of benzene rings is 1. The zero-order valence-corrected chi connectivity index (χ0v) is 20.1. The van der Waals surface area contributed by atoms with Crippen molar-refractivity contribution in [2.24, 2.45) is 7.05 Å². The maximum Gasteiger partial charge on any atom is 0.256 e. The van der Waals surface area contributed by atoms with Crippen LogP contribution in [0.5, 0.6) is 0 Å². The molecule has 8 nitrogen and oxygen atoms in total. The monoisotopic (exact) mass is 514 g/mol. The first kappa shape index (κ1) is 21.0. The Bertz CT molecular complexity index is 1450. The van der Waals surface area contributed by atoms with Crippen LogP contribution < -0.4 is 5.56 Å². The summed E-state index contributed by atoms with van der Waals surface area (Å²) in [6.45, 7) is 4.39. The normalized spacial score (nSPS) is 13.8. The van der Waals surface area contributed by atoms with Gasteiger partial charge in [-0.3, -0.25) is 9.59 Å². The molecule has 1 amide bonds. The van der Waals surface area contributed by atoms with Gasteiger partial charge in [0.1, 0.15) is 0 Å². The summed E-state index contributed by atoms with van der Waals surface area (Å²) in [5.74, 6) is -0.199. The molecule has 1 aliphatic heterocycles. The molecule has 0 saturated heterocycles. The van der Waals surface area contributed by atoms with Crippen molar-refractivity contribution in [2.45, 2.75) is 26.8 Å². The third-order valence-corrected chi connectivity index (χ3v) is 7.17. The number of nitrogens with zero attached hydrogens (tertiary/aromatic N) is 4. The van der Waals surface area contributed by atoms with Gasteiger partial charge in [-0.05, 0) is 38.0 Å². The molecule has 0 spiro atoms. The zero-order valence-electron chi connectivity index (χ0n) is 17.7. The molecule has 1 aromatic carbocycles. The molecule has 0 aliphatic carbocycles. The summed E-state index contributed by atoms with van der Waals surface area (Å²) in [5.41, 5.74) is 5.51. The molecule has 4 aromatic rings. The first-order valence-corrected chi connectivity index (χ1v) is 11.3. The van der Waals surface area contributed by atoms with Gasteiger partial charge in [0, 0.05) is 46.5 Å². The molecular weight excluding hydrogens is 496 g/mol. The maximum absolute atomic E-state index is 13.6. The van der Waals surface area contributed by atoms with E-state index in [4.69, 9.17) is 11.6 Å². The largest absolute Gasteiger partial charge is 0.360 e. The van der Waals surface area contributed by atoms with Crippen LogP contribution in [0.15, 0.2) is 27.6 Å². The van der Waals surface area contributed by atoms with Gasteiger partial charge < -0.3 is 14.9 Å². The Balaban J connectivity index is 1.60. The molecule has 3 aromatic heterocycles. The third-order valence-electron chi connectivity index (χ3n) is 6.07. The van der Waals surface area contributed by atoms with Crippen molar-refractivity contribution in [1.29, 1.82) is 0 Å². The first-order valence-electron chi connectivity index (χ1n) is 10.1. The molecule has 1 aliphatic rings. The van der Waals surface area contributed by atoms with Crippen molar-refractivity contribution >= 4 is 44.3 Å². The fourth-order valence-electron chi connectivity index (χ4n) is 4.50. The van der Waals surface area contributed by atoms with E-state index in [2.05, 4.69) is 36.2 Å². The van der Waals surface area contributed by atoms with Crippen LogP contribution in [0.25, 0.3) is 22.2 Å². The minimum absolute atomic E-state index is 0.189. The van der Waals surface area contributed by atoms with E-state index < -0.39 is 0 Å². The van der Waals surface area contributed by atoms with Gasteiger partial charge in [-0.25, -0.2) is 4.68 Å². The maximum atomic E-state index is 13.6. The summed E-state index contributed by atoms with van der Waals surface area (Å²) in [6.07, 6.45) is 2.43. The van der Waals surface area contributed by atoms with Crippen molar-refractivity contribution in [2.75, 3.05) is 6.54 Å². The Labute approximate surface area is 196 Å². The Morgan fingerprint density at radius 1 is 1.28 bits per heavy atom. The standard InChI is InChI=1S/C22H20BrClN6O2/c1-10-19-12(4-6-25-19)15(21(31)26-10)9-30-7-5-13-16(23)8-14(18(24)17(13)22(30)32)20-11(2)27-28-29(20)3/h4,6,8,25H,5,7,9H2,1-3H3,(H,26,31). The molecule has 4 heterocycles. The third kappa shape index (κ3) is 3.10. The minimum atomic E-state index is -0.199. The van der Waals surface area contributed by atoms with E-state index in [1.54, 1.807) is 22.8 Å². The SMILES string of the molecule is Cc1nnn(C)c1-c1cc(Br)c2c(c1Cl)C(=O)N(Cc1c(=O)[nH]c(C)c3[nH]ccc13)CC2. The predicted octanol–water partition coefficient (Wildman–Crippen LogP) is 3.88. The van der Waals surface area contributed by atoms with E-state index in [0.717, 1.165) is 38.0 Å². The summed E-state index contributed by atoms with van der Waals surface area (Å²) in [7, 11) is 1.79. The van der Waals surface area contributed by atoms with Gasteiger partial charge in [-0.1, -0.05) is 32.7 Å². The topological polar surface area (TPSA) is 99.7 Å². The second-order valence-electron chi connectivity index (χ2n) is 8.02. The van der Waals surface area contributed by atoms with Crippen LogP contribution in [0.1, 0.15) is 32.9 Å². The average molecular weight is 516 g/mol. The highest BCUT2D eigenvalue weighted by Gasteiger charge is 2.32. The lowest BCUT2D eigenvalue weighted by molar-refractivity contribution is 0.0727. The molecule has 0 atom stereocenters. The lowest BCUT2D eigenvalue weighted by Crippen LogP contribution is -2.39. The quantitative estimate of drug-likeness (QED) is 0.432. The fraction of sp³-hybridized carbons (Fsp3) is 0.273. The number of aromatic amines is 2. The molecular formula is C22H20BrClN6O2. The van der Waals surface area contributed by atoms with Crippen LogP contribution in [-0.2, 0) is 20.0 Å². The smallest absolute Gasteiger partial charge is 0.256 e. The molecule has 0 radical (unpaired) electrons. The van der Waals surface area contributed by atoms with Crippen molar-refractivity contribution < 1.29 is 4.79 Å². The van der Waals surface area contributed by atoms with Gasteiger partial charge in [-0.15, -0.1) is 5.10 Å². The number of fused-ring (bicyclic) bond motifs is 2. The number of amides is 1. The number of nitrogens with one attached hydrogen (secondary N) is 2. The molecule has 164 valence electrons. The van der Waals surface area contributed by atoms with Crippen LogP contribution in [0.2, 0.25) is 5.02 Å². The van der Waals surface area contributed by atoms with Crippen LogP contribution in [0.3, 0.4) is 0 Å². The summed E-state index contributed by atoms with van der Waals surface area (Å²) in [4.78, 5) is 34.0. The number of hydrogen-bond donors (Lipinski definition) is 2. The molecule has 32 heavy (non-hydrogen) atoms. The number of pyridine rings is 1. The van der Waals surface area contributed by atoms with Crippen molar-refractivity contribution in [3.63, 3.8) is 0 Å². The number of aryl methyl sites for hydroxylation is 3. The van der Waals surface area contributed by atoms with E-state index in [0.29, 0.717) is 34.7 Å². The number of aromatic nitrogens is 5. The summed E-state index contributed by atoms with van der Waals surface area (Å²) in [5, 5.41) is 9.36. The Morgan fingerprint density at radius 3 is 2.78 bits per heavy atom. The van der Waals surface area contributed by atoms with Crippen LogP contribution in [0.4, 0.5) is 0 Å². The first-order chi connectivity index (χ1) is 15.3. The molecule has 0 bridgehead atoms. The van der Waals surface area contributed by atoms with Crippen molar-refractivity contribution in [3.05, 3.63) is 66.3 Å². The summed E-state index contributed by atoms with van der Waals surface area (Å²) >= 11 is 10.4. The Kier molecular flexibility index (Phi) is 4.98. The van der Waals surface area contributed by atoms with Gasteiger partial charge in [0.05, 0.1) is 34.0 Å². The van der Waals surface area contributed by atoms with Gasteiger partial charge >= 0.3 is 0 Å². The second kappa shape index (κ2) is 7.60. The number of H-pyrrole nitrogens is 2. The Hall–Kier alpha value is -2.91. The predicted molar refractivity (Wildman–Crippen MR) is 126 cm³/mol. The molecule has 0 saturated carbocycles. The highest BCUT2D eigenvalue weighted by molar-refractivity contribution is 9.10. The lowest BCUT2D eigenvalue weighted by Gasteiger charge is -2.30. The molecule has 5 rings (SSSR count). The van der Waals surface area contributed by atoms with Gasteiger partial charge in [-0.2, -0.15) is 0 Å². The molecule has 0 fully saturated rings.